The first-order chi connectivity index (χ1) is 6.78. The number of hydrogen-bond donors (Lipinski definition) is 1. The topological polar surface area (TPSA) is 47.9 Å². The quantitative estimate of drug-likeness (QED) is 0.681. The standard InChI is InChI=1S/C9H14O4Si/c1-11-6-4-5-7(14-10)9(13-3)8(6)12-2/h4-5,10H,14H2,1-3H3. The van der Waals surface area contributed by atoms with Crippen LogP contribution in [0.25, 0.3) is 0 Å². The fourth-order valence-electron chi connectivity index (χ4n) is 1.29. The second-order valence-corrected chi connectivity index (χ2v) is 3.73. The summed E-state index contributed by atoms with van der Waals surface area (Å²) in [6, 6.07) is 3.56. The van der Waals surface area contributed by atoms with Gasteiger partial charge >= 0.3 is 0 Å². The lowest BCUT2D eigenvalue weighted by atomic mass is 10.3. The molecule has 0 aliphatic rings. The Hall–Kier alpha value is -1.20. The van der Waals surface area contributed by atoms with Crippen molar-refractivity contribution < 1.29 is 19.0 Å². The minimum absolute atomic E-state index is 0.536. The van der Waals surface area contributed by atoms with Gasteiger partial charge in [0.05, 0.1) is 21.3 Å². The number of hydrogen-bond acceptors (Lipinski definition) is 4. The summed E-state index contributed by atoms with van der Waals surface area (Å²) in [5.41, 5.74) is 0. The van der Waals surface area contributed by atoms with Crippen molar-refractivity contribution in [3.05, 3.63) is 12.1 Å². The highest BCUT2D eigenvalue weighted by Crippen LogP contribution is 2.34. The summed E-state index contributed by atoms with van der Waals surface area (Å²) in [5.74, 6) is 1.71. The molecule has 0 aliphatic heterocycles. The van der Waals surface area contributed by atoms with E-state index in [-0.39, 0.29) is 0 Å². The normalized spacial score (nSPS) is 10.6. The highest BCUT2D eigenvalue weighted by Gasteiger charge is 2.14. The van der Waals surface area contributed by atoms with Crippen LogP contribution in [0.2, 0.25) is 0 Å². The van der Waals surface area contributed by atoms with Gasteiger partial charge < -0.3 is 19.0 Å². The molecule has 0 aromatic heterocycles. The van der Waals surface area contributed by atoms with E-state index in [1.54, 1.807) is 33.5 Å². The zero-order valence-corrected chi connectivity index (χ0v) is 9.95. The van der Waals surface area contributed by atoms with Crippen LogP contribution in [0.15, 0.2) is 12.1 Å². The van der Waals surface area contributed by atoms with Crippen LogP contribution in [0.3, 0.4) is 0 Å². The Labute approximate surface area is 85.4 Å². The fourth-order valence-corrected chi connectivity index (χ4v) is 1.96. The predicted molar refractivity (Wildman–Crippen MR) is 56.5 cm³/mol. The minimum atomic E-state index is -1.26. The molecular formula is C9H14O4Si. The van der Waals surface area contributed by atoms with Crippen LogP contribution in [0, 0.1) is 0 Å². The molecule has 14 heavy (non-hydrogen) atoms. The van der Waals surface area contributed by atoms with Crippen LogP contribution in [0.4, 0.5) is 0 Å². The average molecular weight is 214 g/mol. The van der Waals surface area contributed by atoms with E-state index in [1.165, 1.54) is 0 Å². The molecule has 1 rings (SSSR count). The maximum atomic E-state index is 9.20. The third kappa shape index (κ3) is 1.83. The molecule has 4 nitrogen and oxygen atoms in total. The molecule has 1 aromatic rings. The average Bonchev–Trinajstić information content (AvgIpc) is 2.26. The van der Waals surface area contributed by atoms with Crippen molar-refractivity contribution in [2.45, 2.75) is 0 Å². The maximum Gasteiger partial charge on any atom is 0.203 e. The largest absolute Gasteiger partial charge is 0.493 e. The van der Waals surface area contributed by atoms with E-state index in [1.807, 2.05) is 0 Å². The molecule has 0 saturated heterocycles. The van der Waals surface area contributed by atoms with Crippen LogP contribution >= 0.6 is 0 Å². The summed E-state index contributed by atoms with van der Waals surface area (Å²) in [5, 5.41) is 0.810. The van der Waals surface area contributed by atoms with Gasteiger partial charge in [0.2, 0.25) is 5.75 Å². The molecule has 0 spiro atoms. The summed E-state index contributed by atoms with van der Waals surface area (Å²) >= 11 is 0. The summed E-state index contributed by atoms with van der Waals surface area (Å²) in [4.78, 5) is 9.20. The highest BCUT2D eigenvalue weighted by molar-refractivity contribution is 6.47. The molecule has 0 atom stereocenters. The summed E-state index contributed by atoms with van der Waals surface area (Å²) < 4.78 is 15.4. The van der Waals surface area contributed by atoms with Crippen molar-refractivity contribution in [3.63, 3.8) is 0 Å². The van der Waals surface area contributed by atoms with Gasteiger partial charge in [-0.25, -0.2) is 0 Å². The van der Waals surface area contributed by atoms with Gasteiger partial charge in [-0.2, -0.15) is 0 Å². The monoisotopic (exact) mass is 214 g/mol. The lowest BCUT2D eigenvalue weighted by molar-refractivity contribution is 0.326. The Balaban J connectivity index is 3.28. The zero-order valence-electron chi connectivity index (χ0n) is 8.53. The number of benzene rings is 1. The molecule has 0 bridgehead atoms. The molecule has 0 unspecified atom stereocenters. The molecular weight excluding hydrogens is 200 g/mol. The van der Waals surface area contributed by atoms with Crippen molar-refractivity contribution in [1.82, 2.24) is 0 Å². The van der Waals surface area contributed by atoms with Crippen LogP contribution in [0.1, 0.15) is 0 Å². The van der Waals surface area contributed by atoms with E-state index in [0.29, 0.717) is 17.2 Å². The number of rotatable bonds is 4. The van der Waals surface area contributed by atoms with Gasteiger partial charge in [0.1, 0.15) is 0 Å². The van der Waals surface area contributed by atoms with E-state index < -0.39 is 9.76 Å². The van der Waals surface area contributed by atoms with E-state index in [4.69, 9.17) is 14.2 Å². The van der Waals surface area contributed by atoms with Crippen LogP contribution in [-0.4, -0.2) is 35.9 Å². The van der Waals surface area contributed by atoms with Crippen LogP contribution in [-0.2, 0) is 0 Å². The van der Waals surface area contributed by atoms with Crippen molar-refractivity contribution in [2.75, 3.05) is 21.3 Å². The summed E-state index contributed by atoms with van der Waals surface area (Å²) in [7, 11) is 3.39. The third-order valence-electron chi connectivity index (χ3n) is 1.96. The van der Waals surface area contributed by atoms with Crippen molar-refractivity contribution in [2.24, 2.45) is 0 Å². The van der Waals surface area contributed by atoms with E-state index in [2.05, 4.69) is 0 Å². The Morgan fingerprint density at radius 3 is 2.07 bits per heavy atom. The molecule has 0 saturated carbocycles. The SMILES string of the molecule is COc1ccc([SiH2]O)c(OC)c1OC. The van der Waals surface area contributed by atoms with Gasteiger partial charge in [0, 0.05) is 5.19 Å². The minimum Gasteiger partial charge on any atom is -0.493 e. The van der Waals surface area contributed by atoms with Gasteiger partial charge in [-0.15, -0.1) is 0 Å². The molecule has 0 fully saturated rings. The van der Waals surface area contributed by atoms with Gasteiger partial charge in [-0.1, -0.05) is 6.07 Å². The first-order valence-electron chi connectivity index (χ1n) is 4.17. The Bertz CT molecular complexity index is 283. The van der Waals surface area contributed by atoms with Crippen LogP contribution < -0.4 is 19.4 Å². The lowest BCUT2D eigenvalue weighted by Crippen LogP contribution is -2.17. The predicted octanol–water partition coefficient (Wildman–Crippen LogP) is -0.586. The summed E-state index contributed by atoms with van der Waals surface area (Å²) in [6.07, 6.45) is 0. The third-order valence-corrected chi connectivity index (χ3v) is 2.85. The molecule has 5 heteroatoms. The lowest BCUT2D eigenvalue weighted by Gasteiger charge is -2.14. The van der Waals surface area contributed by atoms with E-state index >= 15 is 0 Å². The van der Waals surface area contributed by atoms with Crippen LogP contribution in [0.5, 0.6) is 17.2 Å². The smallest absolute Gasteiger partial charge is 0.203 e. The van der Waals surface area contributed by atoms with Gasteiger partial charge in [0.15, 0.2) is 21.3 Å². The first-order valence-corrected chi connectivity index (χ1v) is 5.51. The number of methoxy groups -OCH3 is 3. The van der Waals surface area contributed by atoms with Gasteiger partial charge in [-0.05, 0) is 6.07 Å². The zero-order chi connectivity index (χ0) is 10.6. The van der Waals surface area contributed by atoms with Crippen molar-refractivity contribution in [3.8, 4) is 17.2 Å². The molecule has 78 valence electrons. The van der Waals surface area contributed by atoms with Gasteiger partial charge in [-0.3, -0.25) is 0 Å². The van der Waals surface area contributed by atoms with Crippen molar-refractivity contribution in [1.29, 1.82) is 0 Å². The Kier molecular flexibility index (Phi) is 3.79. The summed E-state index contributed by atoms with van der Waals surface area (Å²) in [6.45, 7) is 0. The highest BCUT2D eigenvalue weighted by atomic mass is 28.2. The Morgan fingerprint density at radius 2 is 1.64 bits per heavy atom. The Morgan fingerprint density at radius 1 is 1.00 bits per heavy atom. The molecule has 0 amide bonds. The second-order valence-electron chi connectivity index (χ2n) is 2.65. The molecule has 0 heterocycles. The maximum absolute atomic E-state index is 9.20. The van der Waals surface area contributed by atoms with E-state index in [9.17, 15) is 4.80 Å². The molecule has 1 N–H and O–H groups in total. The van der Waals surface area contributed by atoms with E-state index in [0.717, 1.165) is 5.19 Å². The molecule has 0 radical (unpaired) electrons. The fraction of sp³-hybridized carbons (Fsp3) is 0.333. The second kappa shape index (κ2) is 4.87. The van der Waals surface area contributed by atoms with Gasteiger partial charge in [0.25, 0.3) is 0 Å². The molecule has 0 aliphatic carbocycles. The molecule has 1 aromatic carbocycles. The number of ether oxygens (including phenoxy) is 3. The first kappa shape index (κ1) is 10.9. The van der Waals surface area contributed by atoms with Crippen molar-refractivity contribution >= 4 is 14.9 Å².